The summed E-state index contributed by atoms with van der Waals surface area (Å²) >= 11 is 0. The van der Waals surface area contributed by atoms with E-state index in [1.54, 1.807) is 12.1 Å². The summed E-state index contributed by atoms with van der Waals surface area (Å²) in [5.74, 6) is 0.512. The highest BCUT2D eigenvalue weighted by atomic mass is 16.6. The molecule has 18 heavy (non-hydrogen) atoms. The Hall–Kier alpha value is -1.82. The number of nitro groups is 1. The molecule has 0 aromatic heterocycles. The van der Waals surface area contributed by atoms with Crippen molar-refractivity contribution in [2.75, 3.05) is 38.2 Å². The van der Waals surface area contributed by atoms with Gasteiger partial charge in [0.15, 0.2) is 0 Å². The second-order valence-electron chi connectivity index (χ2n) is 4.20. The monoisotopic (exact) mass is 251 g/mol. The minimum atomic E-state index is -0.351. The third-order valence-corrected chi connectivity index (χ3v) is 3.06. The quantitative estimate of drug-likeness (QED) is 0.649. The van der Waals surface area contributed by atoms with E-state index in [0.29, 0.717) is 11.4 Å². The third-order valence-electron chi connectivity index (χ3n) is 3.06. The van der Waals surface area contributed by atoms with Crippen molar-refractivity contribution >= 4 is 11.4 Å². The molecule has 0 amide bonds. The molecule has 0 saturated carbocycles. The zero-order chi connectivity index (χ0) is 13.0. The van der Waals surface area contributed by atoms with Crippen LogP contribution in [0.25, 0.3) is 0 Å². The summed E-state index contributed by atoms with van der Waals surface area (Å²) in [6.07, 6.45) is 0.989. The first-order valence-corrected chi connectivity index (χ1v) is 6.00. The Bertz CT molecular complexity index is 429. The first kappa shape index (κ1) is 12.6. The molecule has 1 aromatic carbocycles. The van der Waals surface area contributed by atoms with Crippen molar-refractivity contribution in [2.45, 2.75) is 6.42 Å². The van der Waals surface area contributed by atoms with Gasteiger partial charge in [-0.3, -0.25) is 10.1 Å². The van der Waals surface area contributed by atoms with Gasteiger partial charge in [0.2, 0.25) is 0 Å². The molecule has 1 N–H and O–H groups in total. The zero-order valence-corrected chi connectivity index (χ0v) is 10.4. The van der Waals surface area contributed by atoms with E-state index >= 15 is 0 Å². The molecule has 0 bridgehead atoms. The SMILES string of the molecule is COc1ccc(N2CCCNCC2)c([N+](=O)[O-])c1. The van der Waals surface area contributed by atoms with Crippen LogP contribution in [0, 0.1) is 10.1 Å². The summed E-state index contributed by atoms with van der Waals surface area (Å²) in [5, 5.41) is 14.4. The van der Waals surface area contributed by atoms with Crippen molar-refractivity contribution in [3.05, 3.63) is 28.3 Å². The van der Waals surface area contributed by atoms with Crippen molar-refractivity contribution in [3.63, 3.8) is 0 Å². The lowest BCUT2D eigenvalue weighted by atomic mass is 10.2. The van der Waals surface area contributed by atoms with Gasteiger partial charge in [-0.2, -0.15) is 0 Å². The molecule has 1 aliphatic heterocycles. The van der Waals surface area contributed by atoms with E-state index in [-0.39, 0.29) is 10.6 Å². The molecule has 0 atom stereocenters. The van der Waals surface area contributed by atoms with E-state index in [0.717, 1.165) is 32.6 Å². The Morgan fingerprint density at radius 3 is 2.94 bits per heavy atom. The van der Waals surface area contributed by atoms with Crippen molar-refractivity contribution in [1.29, 1.82) is 0 Å². The number of hydrogen-bond acceptors (Lipinski definition) is 5. The Morgan fingerprint density at radius 2 is 2.22 bits per heavy atom. The van der Waals surface area contributed by atoms with Crippen molar-refractivity contribution in [3.8, 4) is 5.75 Å². The van der Waals surface area contributed by atoms with Crippen LogP contribution in [0.1, 0.15) is 6.42 Å². The lowest BCUT2D eigenvalue weighted by molar-refractivity contribution is -0.384. The molecule has 0 spiro atoms. The average Bonchev–Trinajstić information content (AvgIpc) is 2.66. The van der Waals surface area contributed by atoms with Gasteiger partial charge in [-0.05, 0) is 25.1 Å². The minimum absolute atomic E-state index is 0.108. The largest absolute Gasteiger partial charge is 0.496 e. The van der Waals surface area contributed by atoms with E-state index in [9.17, 15) is 10.1 Å². The van der Waals surface area contributed by atoms with E-state index in [1.807, 2.05) is 0 Å². The number of ether oxygens (including phenoxy) is 1. The highest BCUT2D eigenvalue weighted by Gasteiger charge is 2.21. The van der Waals surface area contributed by atoms with Crippen LogP contribution in [0.15, 0.2) is 18.2 Å². The Labute approximate surface area is 106 Å². The maximum absolute atomic E-state index is 11.1. The molecule has 1 heterocycles. The summed E-state index contributed by atoms with van der Waals surface area (Å²) in [5.41, 5.74) is 0.778. The molecule has 2 rings (SSSR count). The number of rotatable bonds is 3. The number of nitro benzene ring substituents is 1. The highest BCUT2D eigenvalue weighted by molar-refractivity contribution is 5.65. The van der Waals surface area contributed by atoms with Gasteiger partial charge in [0, 0.05) is 19.6 Å². The molecule has 0 aliphatic carbocycles. The fourth-order valence-corrected chi connectivity index (χ4v) is 2.13. The minimum Gasteiger partial charge on any atom is -0.496 e. The fourth-order valence-electron chi connectivity index (χ4n) is 2.13. The average molecular weight is 251 g/mol. The molecule has 0 unspecified atom stereocenters. The van der Waals surface area contributed by atoms with Crippen LogP contribution >= 0.6 is 0 Å². The van der Waals surface area contributed by atoms with Crippen LogP contribution in [0.3, 0.4) is 0 Å². The summed E-state index contributed by atoms with van der Waals surface area (Å²) in [6.45, 7) is 3.43. The van der Waals surface area contributed by atoms with Gasteiger partial charge in [-0.15, -0.1) is 0 Å². The van der Waals surface area contributed by atoms with E-state index < -0.39 is 0 Å². The van der Waals surface area contributed by atoms with Crippen LogP contribution in [0.4, 0.5) is 11.4 Å². The first-order valence-electron chi connectivity index (χ1n) is 6.00. The predicted octanol–water partition coefficient (Wildman–Crippen LogP) is 1.40. The van der Waals surface area contributed by atoms with E-state index in [2.05, 4.69) is 10.2 Å². The summed E-state index contributed by atoms with van der Waals surface area (Å²) in [7, 11) is 1.51. The maximum atomic E-state index is 11.1. The number of benzene rings is 1. The van der Waals surface area contributed by atoms with Gasteiger partial charge < -0.3 is 15.0 Å². The van der Waals surface area contributed by atoms with Gasteiger partial charge >= 0.3 is 0 Å². The molecule has 6 heteroatoms. The second kappa shape index (κ2) is 5.68. The summed E-state index contributed by atoms with van der Waals surface area (Å²) in [6, 6.07) is 5.01. The molecular formula is C12H17N3O3. The normalized spacial score (nSPS) is 16.2. The first-order chi connectivity index (χ1) is 8.72. The number of hydrogen-bond donors (Lipinski definition) is 1. The van der Waals surface area contributed by atoms with Crippen LogP contribution in [0.5, 0.6) is 5.75 Å². The number of nitrogens with one attached hydrogen (secondary N) is 1. The molecule has 1 saturated heterocycles. The van der Waals surface area contributed by atoms with Crippen LogP contribution < -0.4 is 15.0 Å². The van der Waals surface area contributed by atoms with Crippen molar-refractivity contribution in [2.24, 2.45) is 0 Å². The third kappa shape index (κ3) is 2.70. The zero-order valence-electron chi connectivity index (χ0n) is 10.4. The summed E-state index contributed by atoms with van der Waals surface area (Å²) < 4.78 is 5.04. The van der Waals surface area contributed by atoms with Gasteiger partial charge in [0.1, 0.15) is 11.4 Å². The lowest BCUT2D eigenvalue weighted by Gasteiger charge is -2.22. The summed E-state index contributed by atoms with van der Waals surface area (Å²) in [4.78, 5) is 12.8. The molecule has 1 aromatic rings. The predicted molar refractivity (Wildman–Crippen MR) is 69.3 cm³/mol. The molecule has 98 valence electrons. The van der Waals surface area contributed by atoms with E-state index in [1.165, 1.54) is 13.2 Å². The number of anilines is 1. The number of nitrogens with zero attached hydrogens (tertiary/aromatic N) is 2. The van der Waals surface area contributed by atoms with Gasteiger partial charge in [0.05, 0.1) is 18.1 Å². The highest BCUT2D eigenvalue weighted by Crippen LogP contribution is 2.32. The Balaban J connectivity index is 2.32. The van der Waals surface area contributed by atoms with E-state index in [4.69, 9.17) is 4.74 Å². The topological polar surface area (TPSA) is 67.6 Å². The lowest BCUT2D eigenvalue weighted by Crippen LogP contribution is -2.28. The smallest absolute Gasteiger partial charge is 0.296 e. The molecule has 0 radical (unpaired) electrons. The molecule has 1 aliphatic rings. The van der Waals surface area contributed by atoms with Gasteiger partial charge in [-0.1, -0.05) is 0 Å². The standard InChI is InChI=1S/C12H17N3O3/c1-18-10-3-4-11(12(9-10)15(16)17)14-7-2-5-13-6-8-14/h3-4,9,13H,2,5-8H2,1H3. The van der Waals surface area contributed by atoms with Crippen LogP contribution in [0.2, 0.25) is 0 Å². The van der Waals surface area contributed by atoms with Crippen molar-refractivity contribution in [1.82, 2.24) is 5.32 Å². The Morgan fingerprint density at radius 1 is 1.39 bits per heavy atom. The van der Waals surface area contributed by atoms with Crippen LogP contribution in [-0.2, 0) is 0 Å². The van der Waals surface area contributed by atoms with Crippen molar-refractivity contribution < 1.29 is 9.66 Å². The fraction of sp³-hybridized carbons (Fsp3) is 0.500. The second-order valence-corrected chi connectivity index (χ2v) is 4.20. The molecule has 1 fully saturated rings. The van der Waals surface area contributed by atoms with Crippen LogP contribution in [-0.4, -0.2) is 38.2 Å². The number of methoxy groups -OCH3 is 1. The Kier molecular flexibility index (Phi) is 3.99. The molecule has 6 nitrogen and oxygen atoms in total. The molecular weight excluding hydrogens is 234 g/mol. The van der Waals surface area contributed by atoms with Gasteiger partial charge in [0.25, 0.3) is 5.69 Å². The van der Waals surface area contributed by atoms with Gasteiger partial charge in [-0.25, -0.2) is 0 Å². The maximum Gasteiger partial charge on any atom is 0.296 e.